The van der Waals surface area contributed by atoms with Gasteiger partial charge in [-0.1, -0.05) is 13.8 Å². The molecule has 1 heterocycles. The van der Waals surface area contributed by atoms with E-state index < -0.39 is 17.5 Å². The predicted molar refractivity (Wildman–Crippen MR) is 90.6 cm³/mol. The molecular weight excluding hydrogens is 345 g/mol. The van der Waals surface area contributed by atoms with Gasteiger partial charge in [0.15, 0.2) is 5.79 Å². The van der Waals surface area contributed by atoms with Gasteiger partial charge in [0.1, 0.15) is 0 Å². The number of nitriles is 1. The van der Waals surface area contributed by atoms with Crippen molar-refractivity contribution in [2.24, 2.45) is 5.41 Å². The Balaban J connectivity index is 1.99. The maximum Gasteiger partial charge on any atom is 0.417 e. The van der Waals surface area contributed by atoms with E-state index in [2.05, 4.69) is 0 Å². The molecular formula is C19H23F3N2O2. The normalized spacial score (nSPS) is 24.0. The van der Waals surface area contributed by atoms with Crippen LogP contribution in [0.5, 0.6) is 0 Å². The average molecular weight is 368 g/mol. The molecule has 1 saturated carbocycles. The van der Waals surface area contributed by atoms with E-state index in [-0.39, 0.29) is 17.0 Å². The monoisotopic (exact) mass is 368 g/mol. The van der Waals surface area contributed by atoms with Crippen LogP contribution in [-0.4, -0.2) is 31.6 Å². The molecule has 0 bridgehead atoms. The van der Waals surface area contributed by atoms with Crippen molar-refractivity contribution in [3.8, 4) is 6.07 Å². The number of ether oxygens (including phenoxy) is 2. The third-order valence-corrected chi connectivity index (χ3v) is 5.79. The molecule has 7 heteroatoms. The Morgan fingerprint density at radius 1 is 1.27 bits per heavy atom. The Morgan fingerprint density at radius 2 is 1.92 bits per heavy atom. The van der Waals surface area contributed by atoms with Crippen molar-refractivity contribution in [2.75, 3.05) is 24.7 Å². The lowest BCUT2D eigenvalue weighted by molar-refractivity contribution is -0.213. The summed E-state index contributed by atoms with van der Waals surface area (Å²) in [6.45, 7) is 7.64. The number of nitrogens with zero attached hydrogens (tertiary/aromatic N) is 2. The summed E-state index contributed by atoms with van der Waals surface area (Å²) in [6, 6.07) is 5.53. The molecule has 1 spiro atoms. The van der Waals surface area contributed by atoms with Gasteiger partial charge in [0.2, 0.25) is 0 Å². The van der Waals surface area contributed by atoms with Crippen LogP contribution in [-0.2, 0) is 15.7 Å². The van der Waals surface area contributed by atoms with Gasteiger partial charge in [0.05, 0.1) is 30.4 Å². The lowest BCUT2D eigenvalue weighted by Gasteiger charge is -2.44. The molecule has 2 aliphatic rings. The van der Waals surface area contributed by atoms with E-state index in [1.165, 1.54) is 6.07 Å². The molecule has 1 aromatic rings. The van der Waals surface area contributed by atoms with E-state index >= 15 is 0 Å². The highest BCUT2D eigenvalue weighted by Crippen LogP contribution is 2.53. The van der Waals surface area contributed by atoms with Crippen LogP contribution in [0.4, 0.5) is 18.9 Å². The predicted octanol–water partition coefficient (Wildman–Crippen LogP) is 4.34. The maximum absolute atomic E-state index is 13.3. The molecule has 0 N–H and O–H groups in total. The topological polar surface area (TPSA) is 45.5 Å². The SMILES string of the molecule is CCN(c1ccc(C#N)c(C(F)(F)F)c1)C1CCC2(OCCO2)C1(C)C. The van der Waals surface area contributed by atoms with E-state index in [4.69, 9.17) is 14.7 Å². The second-order valence-corrected chi connectivity index (χ2v) is 7.35. The molecule has 0 amide bonds. The summed E-state index contributed by atoms with van der Waals surface area (Å²) in [7, 11) is 0. The molecule has 3 rings (SSSR count). The molecule has 26 heavy (non-hydrogen) atoms. The standard InChI is InChI=1S/C19H23F3N2O2/c1-4-24(14-6-5-13(12-23)15(11-14)19(20,21)22)16-7-8-18(17(16,2)3)25-9-10-26-18/h5-6,11,16H,4,7-10H2,1-3H3. The van der Waals surface area contributed by atoms with E-state index in [1.54, 1.807) is 12.1 Å². The Hall–Kier alpha value is -1.78. The fourth-order valence-electron chi connectivity index (χ4n) is 4.41. The van der Waals surface area contributed by atoms with Crippen molar-refractivity contribution in [1.82, 2.24) is 0 Å². The molecule has 0 radical (unpaired) electrons. The highest BCUT2D eigenvalue weighted by molar-refractivity contribution is 5.56. The van der Waals surface area contributed by atoms with Gasteiger partial charge in [-0.25, -0.2) is 0 Å². The molecule has 0 aromatic heterocycles. The summed E-state index contributed by atoms with van der Waals surface area (Å²) < 4.78 is 51.9. The Bertz CT molecular complexity index is 718. The molecule has 1 saturated heterocycles. The number of benzene rings is 1. The minimum Gasteiger partial charge on any atom is -0.368 e. The summed E-state index contributed by atoms with van der Waals surface area (Å²) in [5.74, 6) is -0.676. The molecule has 1 unspecified atom stereocenters. The van der Waals surface area contributed by atoms with Gasteiger partial charge < -0.3 is 14.4 Å². The maximum atomic E-state index is 13.3. The van der Waals surface area contributed by atoms with Crippen LogP contribution < -0.4 is 4.90 Å². The molecule has 1 aliphatic heterocycles. The second kappa shape index (κ2) is 6.43. The highest BCUT2D eigenvalue weighted by atomic mass is 19.4. The van der Waals surface area contributed by atoms with Crippen LogP contribution in [0, 0.1) is 16.7 Å². The summed E-state index contributed by atoms with van der Waals surface area (Å²) in [5, 5.41) is 9.01. The van der Waals surface area contributed by atoms with Gasteiger partial charge in [-0.05, 0) is 31.5 Å². The van der Waals surface area contributed by atoms with E-state index in [0.29, 0.717) is 31.9 Å². The van der Waals surface area contributed by atoms with Crippen LogP contribution in [0.1, 0.15) is 44.7 Å². The van der Waals surface area contributed by atoms with Gasteiger partial charge in [-0.2, -0.15) is 18.4 Å². The van der Waals surface area contributed by atoms with Crippen molar-refractivity contribution in [3.63, 3.8) is 0 Å². The van der Waals surface area contributed by atoms with Gasteiger partial charge in [-0.15, -0.1) is 0 Å². The quantitative estimate of drug-likeness (QED) is 0.796. The number of anilines is 1. The zero-order valence-corrected chi connectivity index (χ0v) is 15.2. The number of hydrogen-bond acceptors (Lipinski definition) is 4. The highest BCUT2D eigenvalue weighted by Gasteiger charge is 2.60. The summed E-state index contributed by atoms with van der Waals surface area (Å²) in [4.78, 5) is 1.97. The minimum absolute atomic E-state index is 0.0281. The Labute approximate surface area is 151 Å². The number of halogens is 3. The number of rotatable bonds is 3. The van der Waals surface area contributed by atoms with Crippen LogP contribution in [0.3, 0.4) is 0 Å². The Morgan fingerprint density at radius 3 is 2.46 bits per heavy atom. The number of alkyl halides is 3. The smallest absolute Gasteiger partial charge is 0.368 e. The molecule has 1 aliphatic carbocycles. The molecule has 142 valence electrons. The van der Waals surface area contributed by atoms with Crippen LogP contribution >= 0.6 is 0 Å². The van der Waals surface area contributed by atoms with Gasteiger partial charge in [0.25, 0.3) is 0 Å². The molecule has 1 aromatic carbocycles. The lowest BCUT2D eigenvalue weighted by atomic mass is 9.81. The van der Waals surface area contributed by atoms with Gasteiger partial charge in [0, 0.05) is 30.1 Å². The number of hydrogen-bond donors (Lipinski definition) is 0. The first-order chi connectivity index (χ1) is 12.2. The molecule has 4 nitrogen and oxygen atoms in total. The van der Waals surface area contributed by atoms with E-state index in [9.17, 15) is 13.2 Å². The first-order valence-corrected chi connectivity index (χ1v) is 8.82. The van der Waals surface area contributed by atoms with Crippen LogP contribution in [0.15, 0.2) is 18.2 Å². The average Bonchev–Trinajstić information content (AvgIpc) is 3.16. The summed E-state index contributed by atoms with van der Waals surface area (Å²) >= 11 is 0. The fraction of sp³-hybridized carbons (Fsp3) is 0.632. The zero-order chi connectivity index (χ0) is 19.2. The van der Waals surface area contributed by atoms with Gasteiger partial charge >= 0.3 is 6.18 Å². The minimum atomic E-state index is -4.56. The third-order valence-electron chi connectivity index (χ3n) is 5.79. The van der Waals surface area contributed by atoms with Gasteiger partial charge in [-0.3, -0.25) is 0 Å². The van der Waals surface area contributed by atoms with Crippen molar-refractivity contribution in [3.05, 3.63) is 29.3 Å². The van der Waals surface area contributed by atoms with E-state index in [1.807, 2.05) is 25.7 Å². The van der Waals surface area contributed by atoms with Crippen molar-refractivity contribution >= 4 is 5.69 Å². The largest absolute Gasteiger partial charge is 0.417 e. The first kappa shape index (κ1) is 19.0. The van der Waals surface area contributed by atoms with Crippen LogP contribution in [0.2, 0.25) is 0 Å². The fourth-order valence-corrected chi connectivity index (χ4v) is 4.41. The third kappa shape index (κ3) is 2.85. The summed E-state index contributed by atoms with van der Waals surface area (Å²) in [5.41, 5.74) is -1.17. The zero-order valence-electron chi connectivity index (χ0n) is 15.2. The van der Waals surface area contributed by atoms with Crippen molar-refractivity contribution in [1.29, 1.82) is 5.26 Å². The first-order valence-electron chi connectivity index (χ1n) is 8.82. The van der Waals surface area contributed by atoms with E-state index in [0.717, 1.165) is 12.5 Å². The summed E-state index contributed by atoms with van der Waals surface area (Å²) in [6.07, 6.45) is -3.09. The van der Waals surface area contributed by atoms with Crippen LogP contribution in [0.25, 0.3) is 0 Å². The Kier molecular flexibility index (Phi) is 4.70. The molecule has 1 atom stereocenters. The molecule has 2 fully saturated rings. The second-order valence-electron chi connectivity index (χ2n) is 7.35. The van der Waals surface area contributed by atoms with Crippen molar-refractivity contribution in [2.45, 2.75) is 51.6 Å². The van der Waals surface area contributed by atoms with Crippen molar-refractivity contribution < 1.29 is 22.6 Å². The lowest BCUT2D eigenvalue weighted by Crippen LogP contribution is -2.52.